The summed E-state index contributed by atoms with van der Waals surface area (Å²) in [5.41, 5.74) is 2.69. The first-order valence-corrected chi connectivity index (χ1v) is 8.44. The van der Waals surface area contributed by atoms with Gasteiger partial charge >= 0.3 is 5.69 Å². The van der Waals surface area contributed by atoms with Gasteiger partial charge in [0.1, 0.15) is 5.56 Å². The average Bonchev–Trinajstić information content (AvgIpc) is 3.08. The van der Waals surface area contributed by atoms with Crippen LogP contribution in [-0.2, 0) is 7.05 Å². The van der Waals surface area contributed by atoms with Crippen LogP contribution < -0.4 is 11.2 Å². The molecule has 27 heavy (non-hydrogen) atoms. The minimum Gasteiger partial charge on any atom is -0.494 e. The number of benzene rings is 2. The number of aromatic hydroxyl groups is 1. The fourth-order valence-corrected chi connectivity index (χ4v) is 3.08. The second-order valence-corrected chi connectivity index (χ2v) is 6.43. The van der Waals surface area contributed by atoms with Gasteiger partial charge in [-0.15, -0.1) is 0 Å². The van der Waals surface area contributed by atoms with Crippen molar-refractivity contribution in [3.63, 3.8) is 0 Å². The maximum Gasteiger partial charge on any atom is 0.338 e. The molecule has 3 aromatic rings. The monoisotopic (exact) mass is 359 g/mol. The predicted octanol–water partition coefficient (Wildman–Crippen LogP) is 2.81. The SMILES string of the molecule is Cc1ccc(-n2c(=O)c(/C=C3\C=Nc4ccccc43)c(O)n(C)c2=O)cc1. The molecule has 1 aromatic heterocycles. The van der Waals surface area contributed by atoms with Gasteiger partial charge in [-0.2, -0.15) is 0 Å². The van der Waals surface area contributed by atoms with Crippen molar-refractivity contribution in [1.29, 1.82) is 0 Å². The quantitative estimate of drug-likeness (QED) is 0.764. The minimum atomic E-state index is -0.607. The van der Waals surface area contributed by atoms with Crippen molar-refractivity contribution in [3.8, 4) is 11.6 Å². The molecule has 0 saturated heterocycles. The summed E-state index contributed by atoms with van der Waals surface area (Å²) in [5.74, 6) is -0.376. The zero-order valence-corrected chi connectivity index (χ0v) is 14.9. The Hall–Kier alpha value is -3.67. The second kappa shape index (κ2) is 6.25. The first kappa shape index (κ1) is 16.8. The highest BCUT2D eigenvalue weighted by Crippen LogP contribution is 2.32. The number of allylic oxidation sites excluding steroid dienone is 1. The highest BCUT2D eigenvalue weighted by molar-refractivity contribution is 6.21. The van der Waals surface area contributed by atoms with Gasteiger partial charge < -0.3 is 5.11 Å². The lowest BCUT2D eigenvalue weighted by Crippen LogP contribution is -2.38. The van der Waals surface area contributed by atoms with Gasteiger partial charge in [-0.25, -0.2) is 9.36 Å². The molecule has 0 bridgehead atoms. The number of aliphatic imine (C=N–C) groups is 1. The van der Waals surface area contributed by atoms with E-state index >= 15 is 0 Å². The topological polar surface area (TPSA) is 76.6 Å². The normalized spacial score (nSPS) is 13.9. The van der Waals surface area contributed by atoms with E-state index in [-0.39, 0.29) is 11.4 Å². The van der Waals surface area contributed by atoms with E-state index in [0.29, 0.717) is 11.3 Å². The van der Waals surface area contributed by atoms with E-state index in [1.54, 1.807) is 24.4 Å². The molecule has 134 valence electrons. The van der Waals surface area contributed by atoms with Crippen LogP contribution in [0.3, 0.4) is 0 Å². The maximum absolute atomic E-state index is 13.0. The number of rotatable bonds is 2. The van der Waals surface area contributed by atoms with Crippen LogP contribution in [0, 0.1) is 6.92 Å². The van der Waals surface area contributed by atoms with Crippen molar-refractivity contribution in [3.05, 3.63) is 86.1 Å². The van der Waals surface area contributed by atoms with Gasteiger partial charge in [0.2, 0.25) is 5.88 Å². The average molecular weight is 359 g/mol. The third kappa shape index (κ3) is 2.71. The molecule has 0 aliphatic carbocycles. The molecule has 2 aromatic carbocycles. The highest BCUT2D eigenvalue weighted by Gasteiger charge is 2.19. The van der Waals surface area contributed by atoms with Gasteiger partial charge in [0, 0.05) is 24.4 Å². The van der Waals surface area contributed by atoms with Crippen LogP contribution in [0.5, 0.6) is 5.88 Å². The molecular weight excluding hydrogens is 342 g/mol. The summed E-state index contributed by atoms with van der Waals surface area (Å²) in [6.45, 7) is 1.92. The summed E-state index contributed by atoms with van der Waals surface area (Å²) >= 11 is 0. The molecule has 6 nitrogen and oxygen atoms in total. The number of nitrogens with zero attached hydrogens (tertiary/aromatic N) is 3. The summed E-state index contributed by atoms with van der Waals surface area (Å²) in [6, 6.07) is 14.6. The van der Waals surface area contributed by atoms with E-state index in [9.17, 15) is 14.7 Å². The molecule has 4 rings (SSSR count). The molecule has 6 heteroatoms. The summed E-state index contributed by atoms with van der Waals surface area (Å²) in [5, 5.41) is 10.4. The molecule has 0 amide bonds. The van der Waals surface area contributed by atoms with E-state index in [4.69, 9.17) is 0 Å². The Morgan fingerprint density at radius 1 is 1.04 bits per heavy atom. The highest BCUT2D eigenvalue weighted by atomic mass is 16.3. The number of para-hydroxylation sites is 1. The van der Waals surface area contributed by atoms with Crippen LogP contribution in [0.25, 0.3) is 17.3 Å². The lowest BCUT2D eigenvalue weighted by atomic mass is 10.1. The van der Waals surface area contributed by atoms with Gasteiger partial charge in [-0.05, 0) is 31.2 Å². The molecule has 0 saturated carbocycles. The standard InChI is InChI=1S/C21H17N3O3/c1-13-7-9-15(10-8-13)24-20(26)17(19(25)23(2)21(24)27)11-14-12-22-18-6-4-3-5-16(14)18/h3-12,25H,1-2H3/b14-11+. The van der Waals surface area contributed by atoms with Crippen LogP contribution in [0.1, 0.15) is 16.7 Å². The van der Waals surface area contributed by atoms with E-state index < -0.39 is 11.2 Å². The van der Waals surface area contributed by atoms with Gasteiger partial charge in [0.15, 0.2) is 0 Å². The number of hydrogen-bond donors (Lipinski definition) is 1. The largest absolute Gasteiger partial charge is 0.494 e. The Morgan fingerprint density at radius 2 is 1.74 bits per heavy atom. The van der Waals surface area contributed by atoms with Gasteiger partial charge in [0.25, 0.3) is 5.56 Å². The van der Waals surface area contributed by atoms with Crippen molar-refractivity contribution >= 4 is 23.6 Å². The molecule has 1 N–H and O–H groups in total. The third-order valence-corrected chi connectivity index (χ3v) is 4.62. The number of aromatic nitrogens is 2. The first-order valence-electron chi connectivity index (χ1n) is 8.44. The summed E-state index contributed by atoms with van der Waals surface area (Å²) in [6.07, 6.45) is 3.21. The maximum atomic E-state index is 13.0. The van der Waals surface area contributed by atoms with Crippen molar-refractivity contribution in [2.45, 2.75) is 6.92 Å². The smallest absolute Gasteiger partial charge is 0.338 e. The Labute approximate surface area is 155 Å². The molecule has 1 aliphatic heterocycles. The molecule has 0 unspecified atom stereocenters. The van der Waals surface area contributed by atoms with Crippen molar-refractivity contribution in [2.75, 3.05) is 0 Å². The minimum absolute atomic E-state index is 0.0378. The Bertz CT molecular complexity index is 1230. The molecule has 0 atom stereocenters. The molecule has 0 spiro atoms. The van der Waals surface area contributed by atoms with Crippen molar-refractivity contribution < 1.29 is 5.11 Å². The first-order chi connectivity index (χ1) is 13.0. The van der Waals surface area contributed by atoms with E-state index in [0.717, 1.165) is 25.9 Å². The summed E-state index contributed by atoms with van der Waals surface area (Å²) in [7, 11) is 1.43. The van der Waals surface area contributed by atoms with Crippen molar-refractivity contribution in [1.82, 2.24) is 9.13 Å². The Balaban J connectivity index is 1.97. The van der Waals surface area contributed by atoms with Gasteiger partial charge in [-0.3, -0.25) is 14.4 Å². The Morgan fingerprint density at radius 3 is 2.48 bits per heavy atom. The lowest BCUT2D eigenvalue weighted by Gasteiger charge is -2.12. The van der Waals surface area contributed by atoms with E-state index in [1.807, 2.05) is 43.3 Å². The zero-order chi connectivity index (χ0) is 19.1. The molecule has 1 aliphatic rings. The lowest BCUT2D eigenvalue weighted by molar-refractivity contribution is 0.413. The van der Waals surface area contributed by atoms with E-state index in [2.05, 4.69) is 4.99 Å². The molecule has 0 radical (unpaired) electrons. The fraction of sp³-hybridized carbons (Fsp3) is 0.0952. The fourth-order valence-electron chi connectivity index (χ4n) is 3.08. The number of fused-ring (bicyclic) bond motifs is 1. The summed E-state index contributed by atoms with van der Waals surface area (Å²) in [4.78, 5) is 30.0. The number of hydrogen-bond acceptors (Lipinski definition) is 4. The Kier molecular flexibility index (Phi) is 3.88. The second-order valence-electron chi connectivity index (χ2n) is 6.43. The van der Waals surface area contributed by atoms with Crippen LogP contribution in [0.4, 0.5) is 5.69 Å². The number of aryl methyl sites for hydroxylation is 1. The van der Waals surface area contributed by atoms with Crippen molar-refractivity contribution in [2.24, 2.45) is 12.0 Å². The van der Waals surface area contributed by atoms with Crippen LogP contribution in [-0.4, -0.2) is 20.5 Å². The zero-order valence-electron chi connectivity index (χ0n) is 14.9. The molecule has 0 fully saturated rings. The molecule has 2 heterocycles. The van der Waals surface area contributed by atoms with Crippen LogP contribution in [0.15, 0.2) is 63.1 Å². The van der Waals surface area contributed by atoms with Crippen LogP contribution >= 0.6 is 0 Å². The third-order valence-electron chi connectivity index (χ3n) is 4.62. The summed E-state index contributed by atoms with van der Waals surface area (Å²) < 4.78 is 2.12. The van der Waals surface area contributed by atoms with Gasteiger partial charge in [-0.1, -0.05) is 35.9 Å². The predicted molar refractivity (Wildman–Crippen MR) is 106 cm³/mol. The van der Waals surface area contributed by atoms with Gasteiger partial charge in [0.05, 0.1) is 11.4 Å². The van der Waals surface area contributed by atoms with E-state index in [1.165, 1.54) is 7.05 Å². The van der Waals surface area contributed by atoms with Crippen LogP contribution in [0.2, 0.25) is 0 Å². The molecular formula is C21H17N3O3.